The quantitative estimate of drug-likeness (QED) is 0.907. The maximum absolute atomic E-state index is 12.6. The summed E-state index contributed by atoms with van der Waals surface area (Å²) in [6, 6.07) is 7.96. The number of carbonyl (C=O) groups is 1. The Morgan fingerprint density at radius 3 is 2.78 bits per heavy atom. The first-order valence-electron chi connectivity index (χ1n) is 8.57. The van der Waals surface area contributed by atoms with Crippen molar-refractivity contribution in [1.29, 1.82) is 0 Å². The van der Waals surface area contributed by atoms with Crippen molar-refractivity contribution in [3.8, 4) is 0 Å². The van der Waals surface area contributed by atoms with Gasteiger partial charge in [-0.3, -0.25) is 4.79 Å². The Labute approximate surface area is 137 Å². The number of rotatable bonds is 4. The minimum atomic E-state index is -0.0863. The Hall–Kier alpha value is -1.81. The minimum Gasteiger partial charge on any atom is -0.459 e. The lowest BCUT2D eigenvalue weighted by molar-refractivity contribution is -0.126. The normalized spacial score (nSPS) is 19.9. The molecule has 1 saturated heterocycles. The summed E-state index contributed by atoms with van der Waals surface area (Å²) in [7, 11) is 0. The topological polar surface area (TPSA) is 54.3 Å². The fraction of sp³-hybridized carbons (Fsp3) is 0.526. The molecule has 124 valence electrons. The van der Waals surface area contributed by atoms with E-state index in [1.165, 1.54) is 0 Å². The van der Waals surface area contributed by atoms with Gasteiger partial charge in [-0.15, -0.1) is 0 Å². The van der Waals surface area contributed by atoms with Crippen molar-refractivity contribution in [2.75, 3.05) is 13.1 Å². The molecule has 1 amide bonds. The highest BCUT2D eigenvalue weighted by Gasteiger charge is 2.28. The van der Waals surface area contributed by atoms with Crippen LogP contribution in [0.3, 0.4) is 0 Å². The lowest BCUT2D eigenvalue weighted by atomic mass is 9.95. The van der Waals surface area contributed by atoms with Gasteiger partial charge in [0, 0.05) is 17.5 Å². The third kappa shape index (κ3) is 3.27. The van der Waals surface area contributed by atoms with Gasteiger partial charge in [0.25, 0.3) is 0 Å². The van der Waals surface area contributed by atoms with Crippen LogP contribution in [0.25, 0.3) is 11.0 Å². The van der Waals surface area contributed by atoms with Gasteiger partial charge in [0.1, 0.15) is 11.3 Å². The first kappa shape index (κ1) is 16.1. The van der Waals surface area contributed by atoms with E-state index < -0.39 is 0 Å². The van der Waals surface area contributed by atoms with Gasteiger partial charge in [-0.1, -0.05) is 32.0 Å². The highest BCUT2D eigenvalue weighted by atomic mass is 16.3. The van der Waals surface area contributed by atoms with Crippen molar-refractivity contribution in [3.63, 3.8) is 0 Å². The lowest BCUT2D eigenvalue weighted by Gasteiger charge is -2.27. The fourth-order valence-corrected chi connectivity index (χ4v) is 3.37. The molecule has 2 N–H and O–H groups in total. The third-order valence-electron chi connectivity index (χ3n) is 4.80. The Bertz CT molecular complexity index is 684. The monoisotopic (exact) mass is 314 g/mol. The van der Waals surface area contributed by atoms with Gasteiger partial charge in [0.2, 0.25) is 5.91 Å². The Kier molecular flexibility index (Phi) is 4.71. The fourth-order valence-electron chi connectivity index (χ4n) is 3.37. The molecule has 4 heteroatoms. The molecular formula is C19H26N2O2. The molecule has 1 fully saturated rings. The number of benzene rings is 1. The molecule has 0 spiro atoms. The molecule has 2 atom stereocenters. The summed E-state index contributed by atoms with van der Waals surface area (Å²) in [5, 5.41) is 7.66. The van der Waals surface area contributed by atoms with Crippen LogP contribution in [0.2, 0.25) is 0 Å². The molecule has 0 aliphatic carbocycles. The van der Waals surface area contributed by atoms with Crippen LogP contribution in [0, 0.1) is 18.8 Å². The van der Waals surface area contributed by atoms with Gasteiger partial charge in [-0.2, -0.15) is 0 Å². The van der Waals surface area contributed by atoms with E-state index in [-0.39, 0.29) is 23.8 Å². The van der Waals surface area contributed by atoms with E-state index in [0.717, 1.165) is 48.2 Å². The van der Waals surface area contributed by atoms with E-state index in [1.54, 1.807) is 0 Å². The predicted octanol–water partition coefficient (Wildman–Crippen LogP) is 3.55. The molecular weight excluding hydrogens is 288 g/mol. The molecule has 1 aliphatic rings. The van der Waals surface area contributed by atoms with Gasteiger partial charge in [-0.05, 0) is 38.3 Å². The Morgan fingerprint density at radius 2 is 2.13 bits per heavy atom. The summed E-state index contributed by atoms with van der Waals surface area (Å²) < 4.78 is 6.08. The summed E-state index contributed by atoms with van der Waals surface area (Å²) in [6.45, 7) is 8.11. The molecule has 1 aromatic heterocycles. The zero-order valence-corrected chi connectivity index (χ0v) is 14.2. The molecule has 0 saturated carbocycles. The molecule has 1 aromatic carbocycles. The van der Waals surface area contributed by atoms with Gasteiger partial charge >= 0.3 is 0 Å². The molecule has 23 heavy (non-hydrogen) atoms. The van der Waals surface area contributed by atoms with Gasteiger partial charge < -0.3 is 15.1 Å². The number of nitrogens with one attached hydrogen (secondary N) is 2. The van der Waals surface area contributed by atoms with Crippen molar-refractivity contribution < 1.29 is 9.21 Å². The zero-order chi connectivity index (χ0) is 16.4. The highest BCUT2D eigenvalue weighted by molar-refractivity contribution is 5.83. The predicted molar refractivity (Wildman–Crippen MR) is 92.3 cm³/mol. The van der Waals surface area contributed by atoms with Crippen molar-refractivity contribution in [1.82, 2.24) is 10.6 Å². The lowest BCUT2D eigenvalue weighted by Crippen LogP contribution is -2.42. The second-order valence-corrected chi connectivity index (χ2v) is 6.86. The molecule has 2 heterocycles. The van der Waals surface area contributed by atoms with Crippen LogP contribution in [0.5, 0.6) is 0 Å². The number of amides is 1. The standard InChI is InChI=1S/C19H26N2O2/c1-12(2)17(21-19(22)14-7-6-10-20-11-14)18-13(3)15-8-4-5-9-16(15)23-18/h4-5,8-9,12,14,17,20H,6-7,10-11H2,1-3H3,(H,21,22). The largest absolute Gasteiger partial charge is 0.459 e. The number of hydrogen-bond donors (Lipinski definition) is 2. The molecule has 0 radical (unpaired) electrons. The van der Waals surface area contributed by atoms with E-state index in [0.29, 0.717) is 0 Å². The van der Waals surface area contributed by atoms with Crippen LogP contribution >= 0.6 is 0 Å². The van der Waals surface area contributed by atoms with Crippen LogP contribution < -0.4 is 10.6 Å². The summed E-state index contributed by atoms with van der Waals surface area (Å²) in [4.78, 5) is 12.6. The van der Waals surface area contributed by atoms with E-state index in [4.69, 9.17) is 4.42 Å². The maximum Gasteiger partial charge on any atom is 0.224 e. The number of furan rings is 1. The van der Waals surface area contributed by atoms with Crippen molar-refractivity contribution in [2.24, 2.45) is 11.8 Å². The van der Waals surface area contributed by atoms with Crippen LogP contribution in [0.1, 0.15) is 44.1 Å². The van der Waals surface area contributed by atoms with E-state index in [2.05, 4.69) is 37.5 Å². The molecule has 2 unspecified atom stereocenters. The van der Waals surface area contributed by atoms with Gasteiger partial charge in [-0.25, -0.2) is 0 Å². The molecule has 1 aliphatic heterocycles. The first-order chi connectivity index (χ1) is 11.1. The summed E-state index contributed by atoms with van der Waals surface area (Å²) in [5.41, 5.74) is 2.01. The number of aryl methyl sites for hydroxylation is 1. The second-order valence-electron chi connectivity index (χ2n) is 6.86. The Morgan fingerprint density at radius 1 is 1.35 bits per heavy atom. The number of para-hydroxylation sites is 1. The SMILES string of the molecule is Cc1c(C(NC(=O)C2CCCNC2)C(C)C)oc2ccccc12. The highest BCUT2D eigenvalue weighted by Crippen LogP contribution is 2.33. The summed E-state index contributed by atoms with van der Waals surface area (Å²) in [6.07, 6.45) is 2.02. The minimum absolute atomic E-state index is 0.0645. The maximum atomic E-state index is 12.6. The molecule has 3 rings (SSSR count). The molecule has 4 nitrogen and oxygen atoms in total. The van der Waals surface area contributed by atoms with Crippen LogP contribution in [-0.2, 0) is 4.79 Å². The van der Waals surface area contributed by atoms with Crippen LogP contribution in [0.4, 0.5) is 0 Å². The first-order valence-corrected chi connectivity index (χ1v) is 8.57. The zero-order valence-electron chi connectivity index (χ0n) is 14.2. The smallest absolute Gasteiger partial charge is 0.224 e. The van der Waals surface area contributed by atoms with Crippen molar-refractivity contribution in [2.45, 2.75) is 39.7 Å². The van der Waals surface area contributed by atoms with Gasteiger partial charge in [0.05, 0.1) is 12.0 Å². The van der Waals surface area contributed by atoms with Crippen LogP contribution in [-0.4, -0.2) is 19.0 Å². The molecule has 2 aromatic rings. The molecule has 0 bridgehead atoms. The third-order valence-corrected chi connectivity index (χ3v) is 4.80. The van der Waals surface area contributed by atoms with E-state index >= 15 is 0 Å². The average Bonchev–Trinajstić information content (AvgIpc) is 2.90. The van der Waals surface area contributed by atoms with Crippen LogP contribution in [0.15, 0.2) is 28.7 Å². The Balaban J connectivity index is 1.85. The van der Waals surface area contributed by atoms with Crippen molar-refractivity contribution >= 4 is 16.9 Å². The summed E-state index contributed by atoms with van der Waals surface area (Å²) in [5.74, 6) is 1.36. The van der Waals surface area contributed by atoms with E-state index in [1.807, 2.05) is 18.2 Å². The number of fused-ring (bicyclic) bond motifs is 1. The summed E-state index contributed by atoms with van der Waals surface area (Å²) >= 11 is 0. The number of piperidine rings is 1. The van der Waals surface area contributed by atoms with E-state index in [9.17, 15) is 4.79 Å². The van der Waals surface area contributed by atoms with Crippen molar-refractivity contribution in [3.05, 3.63) is 35.6 Å². The average molecular weight is 314 g/mol. The van der Waals surface area contributed by atoms with Gasteiger partial charge in [0.15, 0.2) is 0 Å². The number of hydrogen-bond acceptors (Lipinski definition) is 3. The second kappa shape index (κ2) is 6.75. The number of carbonyl (C=O) groups excluding carboxylic acids is 1.